The molecule has 1 aliphatic rings. The largest absolute Gasteiger partial charge is 0.368 e. The molecule has 2 amide bonds. The Morgan fingerprint density at radius 2 is 1.69 bits per heavy atom. The zero-order valence-electron chi connectivity index (χ0n) is 15.1. The average Bonchev–Trinajstić information content (AvgIpc) is 2.67. The van der Waals surface area contributed by atoms with Crippen LogP contribution in [-0.2, 0) is 16.1 Å². The Bertz CT molecular complexity index is 753. The molecule has 2 aromatic rings. The molecule has 0 saturated carbocycles. The molecule has 5 heteroatoms. The van der Waals surface area contributed by atoms with E-state index in [0.29, 0.717) is 19.6 Å². The fraction of sp³-hybridized carbons (Fsp3) is 0.333. The Hall–Kier alpha value is -2.82. The summed E-state index contributed by atoms with van der Waals surface area (Å²) in [5.41, 5.74) is 3.38. The van der Waals surface area contributed by atoms with Crippen molar-refractivity contribution in [1.29, 1.82) is 0 Å². The quantitative estimate of drug-likeness (QED) is 0.842. The first-order chi connectivity index (χ1) is 12.6. The molecule has 1 saturated heterocycles. The van der Waals surface area contributed by atoms with Crippen molar-refractivity contribution in [3.05, 3.63) is 65.7 Å². The van der Waals surface area contributed by atoms with Crippen molar-refractivity contribution in [2.75, 3.05) is 31.1 Å². The van der Waals surface area contributed by atoms with E-state index in [-0.39, 0.29) is 18.2 Å². The maximum Gasteiger partial charge on any atom is 0.232 e. The van der Waals surface area contributed by atoms with Gasteiger partial charge in [0.05, 0.1) is 0 Å². The number of benzene rings is 2. The molecule has 1 heterocycles. The molecule has 1 fully saturated rings. The van der Waals surface area contributed by atoms with Crippen LogP contribution in [0.3, 0.4) is 0 Å². The normalized spacial score (nSPS) is 14.2. The Balaban J connectivity index is 1.43. The number of piperazine rings is 1. The van der Waals surface area contributed by atoms with Gasteiger partial charge in [0.1, 0.15) is 6.42 Å². The van der Waals surface area contributed by atoms with E-state index in [0.717, 1.165) is 24.2 Å². The summed E-state index contributed by atoms with van der Waals surface area (Å²) in [5.74, 6) is -0.318. The van der Waals surface area contributed by atoms with Crippen LogP contribution < -0.4 is 10.2 Å². The van der Waals surface area contributed by atoms with Gasteiger partial charge >= 0.3 is 0 Å². The first-order valence-corrected chi connectivity index (χ1v) is 9.02. The van der Waals surface area contributed by atoms with E-state index in [1.165, 1.54) is 5.69 Å². The SMILES string of the molecule is Cc1cccc(CNC(=O)CC(=O)N2CCN(c3ccccc3)CC2)c1. The van der Waals surface area contributed by atoms with Crippen molar-refractivity contribution in [3.63, 3.8) is 0 Å². The highest BCUT2D eigenvalue weighted by Crippen LogP contribution is 2.15. The van der Waals surface area contributed by atoms with Crippen LogP contribution >= 0.6 is 0 Å². The van der Waals surface area contributed by atoms with Gasteiger partial charge in [-0.1, -0.05) is 48.0 Å². The third kappa shape index (κ3) is 4.85. The Kier molecular flexibility index (Phi) is 5.89. The van der Waals surface area contributed by atoms with Crippen LogP contribution in [0.15, 0.2) is 54.6 Å². The summed E-state index contributed by atoms with van der Waals surface area (Å²) in [7, 11) is 0. The van der Waals surface area contributed by atoms with Crippen LogP contribution in [0.25, 0.3) is 0 Å². The summed E-state index contributed by atoms with van der Waals surface area (Å²) in [5, 5.41) is 2.83. The summed E-state index contributed by atoms with van der Waals surface area (Å²) in [6, 6.07) is 18.2. The van der Waals surface area contributed by atoms with E-state index >= 15 is 0 Å². The Morgan fingerprint density at radius 1 is 0.962 bits per heavy atom. The van der Waals surface area contributed by atoms with Gasteiger partial charge in [0.15, 0.2) is 0 Å². The smallest absolute Gasteiger partial charge is 0.232 e. The lowest BCUT2D eigenvalue weighted by Gasteiger charge is -2.36. The molecule has 26 heavy (non-hydrogen) atoms. The number of hydrogen-bond donors (Lipinski definition) is 1. The van der Waals surface area contributed by atoms with Gasteiger partial charge in [-0.25, -0.2) is 0 Å². The molecule has 3 rings (SSSR count). The molecule has 1 N–H and O–H groups in total. The van der Waals surface area contributed by atoms with Gasteiger partial charge in [-0.2, -0.15) is 0 Å². The fourth-order valence-corrected chi connectivity index (χ4v) is 3.19. The molecule has 2 aromatic carbocycles. The molecule has 0 atom stereocenters. The summed E-state index contributed by atoms with van der Waals surface area (Å²) in [4.78, 5) is 28.5. The summed E-state index contributed by atoms with van der Waals surface area (Å²) >= 11 is 0. The van der Waals surface area contributed by atoms with E-state index in [2.05, 4.69) is 22.3 Å². The number of nitrogens with one attached hydrogen (secondary N) is 1. The number of nitrogens with zero attached hydrogens (tertiary/aromatic N) is 2. The monoisotopic (exact) mass is 351 g/mol. The number of para-hydroxylation sites is 1. The van der Waals surface area contributed by atoms with Crippen LogP contribution in [0, 0.1) is 6.92 Å². The third-order valence-electron chi connectivity index (χ3n) is 4.64. The van der Waals surface area contributed by atoms with Crippen molar-refractivity contribution < 1.29 is 9.59 Å². The molecule has 0 aliphatic carbocycles. The van der Waals surface area contributed by atoms with Crippen molar-refractivity contribution in [2.45, 2.75) is 19.9 Å². The number of carbonyl (C=O) groups is 2. The first-order valence-electron chi connectivity index (χ1n) is 9.02. The topological polar surface area (TPSA) is 52.7 Å². The van der Waals surface area contributed by atoms with Gasteiger partial charge in [0, 0.05) is 38.4 Å². The second kappa shape index (κ2) is 8.52. The number of rotatable bonds is 5. The van der Waals surface area contributed by atoms with E-state index in [1.54, 1.807) is 4.90 Å². The minimum atomic E-state index is -0.220. The molecular formula is C21H25N3O2. The van der Waals surface area contributed by atoms with Crippen LogP contribution in [0.5, 0.6) is 0 Å². The van der Waals surface area contributed by atoms with Gasteiger partial charge in [0.25, 0.3) is 0 Å². The van der Waals surface area contributed by atoms with E-state index in [4.69, 9.17) is 0 Å². The number of amides is 2. The second-order valence-corrected chi connectivity index (χ2v) is 6.65. The highest BCUT2D eigenvalue weighted by molar-refractivity contribution is 5.96. The van der Waals surface area contributed by atoms with E-state index in [9.17, 15) is 9.59 Å². The van der Waals surface area contributed by atoms with Gasteiger partial charge in [-0.05, 0) is 24.6 Å². The summed E-state index contributed by atoms with van der Waals surface area (Å²) in [6.07, 6.45) is -0.0862. The fourth-order valence-electron chi connectivity index (χ4n) is 3.19. The molecule has 5 nitrogen and oxygen atoms in total. The number of anilines is 1. The summed E-state index contributed by atoms with van der Waals surface area (Å²) in [6.45, 7) is 5.36. The molecule has 1 aliphatic heterocycles. The van der Waals surface area contributed by atoms with Crippen molar-refractivity contribution in [1.82, 2.24) is 10.2 Å². The highest BCUT2D eigenvalue weighted by Gasteiger charge is 2.22. The minimum Gasteiger partial charge on any atom is -0.368 e. The van der Waals surface area contributed by atoms with Crippen LogP contribution in [0.4, 0.5) is 5.69 Å². The minimum absolute atomic E-state index is 0.0862. The van der Waals surface area contributed by atoms with Crippen molar-refractivity contribution in [2.24, 2.45) is 0 Å². The Labute approximate surface area is 154 Å². The maximum absolute atomic E-state index is 12.4. The van der Waals surface area contributed by atoms with Gasteiger partial charge in [0.2, 0.25) is 11.8 Å². The zero-order valence-corrected chi connectivity index (χ0v) is 15.1. The van der Waals surface area contributed by atoms with Crippen LogP contribution in [0.1, 0.15) is 17.5 Å². The lowest BCUT2D eigenvalue weighted by atomic mass is 10.1. The van der Waals surface area contributed by atoms with E-state index in [1.807, 2.05) is 49.4 Å². The Morgan fingerprint density at radius 3 is 2.38 bits per heavy atom. The lowest BCUT2D eigenvalue weighted by Crippen LogP contribution is -2.49. The standard InChI is InChI=1S/C21H25N3O2/c1-17-6-5-7-18(14-17)16-22-20(25)15-21(26)24-12-10-23(11-13-24)19-8-3-2-4-9-19/h2-9,14H,10-13,15-16H2,1H3,(H,22,25). The molecule has 0 unspecified atom stereocenters. The lowest BCUT2D eigenvalue weighted by molar-refractivity contribution is -0.136. The van der Waals surface area contributed by atoms with Gasteiger partial charge < -0.3 is 15.1 Å². The number of carbonyl (C=O) groups excluding carboxylic acids is 2. The number of hydrogen-bond acceptors (Lipinski definition) is 3. The molecule has 0 bridgehead atoms. The number of aryl methyl sites for hydroxylation is 1. The predicted octanol–water partition coefficient (Wildman–Crippen LogP) is 2.35. The van der Waals surface area contributed by atoms with Crippen LogP contribution in [0.2, 0.25) is 0 Å². The molecule has 0 radical (unpaired) electrons. The molecule has 136 valence electrons. The highest BCUT2D eigenvalue weighted by atomic mass is 16.2. The van der Waals surface area contributed by atoms with Crippen molar-refractivity contribution in [3.8, 4) is 0 Å². The predicted molar refractivity (Wildman–Crippen MR) is 103 cm³/mol. The average molecular weight is 351 g/mol. The van der Waals surface area contributed by atoms with Gasteiger partial charge in [-0.15, -0.1) is 0 Å². The maximum atomic E-state index is 12.4. The molecule has 0 spiro atoms. The third-order valence-corrected chi connectivity index (χ3v) is 4.64. The second-order valence-electron chi connectivity index (χ2n) is 6.65. The molecule has 0 aromatic heterocycles. The zero-order chi connectivity index (χ0) is 18.4. The van der Waals surface area contributed by atoms with Crippen molar-refractivity contribution >= 4 is 17.5 Å². The first kappa shape index (κ1) is 18.0. The van der Waals surface area contributed by atoms with E-state index < -0.39 is 0 Å². The summed E-state index contributed by atoms with van der Waals surface area (Å²) < 4.78 is 0. The van der Waals surface area contributed by atoms with Crippen LogP contribution in [-0.4, -0.2) is 42.9 Å². The van der Waals surface area contributed by atoms with Gasteiger partial charge in [-0.3, -0.25) is 9.59 Å². The molecular weight excluding hydrogens is 326 g/mol.